The molecule has 0 aromatic heterocycles. The van der Waals surface area contributed by atoms with Crippen LogP contribution >= 0.6 is 0 Å². The first-order valence-corrected chi connectivity index (χ1v) is 13.3. The Kier molecular flexibility index (Phi) is 7.98. The summed E-state index contributed by atoms with van der Waals surface area (Å²) in [6.07, 6.45) is 0. The Balaban J connectivity index is 1.79. The Labute approximate surface area is 216 Å². The summed E-state index contributed by atoms with van der Waals surface area (Å²) in [6.45, 7) is 1.83. The zero-order valence-corrected chi connectivity index (χ0v) is 21.9. The van der Waals surface area contributed by atoms with E-state index in [-0.39, 0.29) is 35.7 Å². The molecule has 0 aliphatic carbocycles. The van der Waals surface area contributed by atoms with Crippen LogP contribution in [-0.2, 0) is 24.3 Å². The third-order valence-electron chi connectivity index (χ3n) is 6.47. The molecule has 1 N–H and O–H groups in total. The molecule has 0 radical (unpaired) electrons. The summed E-state index contributed by atoms with van der Waals surface area (Å²) in [5.74, 6) is -1.36. The molecule has 2 saturated heterocycles. The maximum atomic E-state index is 13.2. The molecule has 1 atom stereocenters. The number of likely N-dealkylation sites (tertiary alicyclic amines) is 1. The lowest BCUT2D eigenvalue weighted by atomic mass is 9.95. The fraction of sp³-hybridized carbons (Fsp3) is 0.385. The van der Waals surface area contributed by atoms with Gasteiger partial charge in [0.25, 0.3) is 11.7 Å². The molecule has 0 unspecified atom stereocenters. The molecule has 0 spiro atoms. The topological polar surface area (TPSA) is 117 Å². The lowest BCUT2D eigenvalue weighted by molar-refractivity contribution is -0.140. The van der Waals surface area contributed by atoms with Gasteiger partial charge >= 0.3 is 0 Å². The number of likely N-dealkylation sites (N-methyl/N-ethyl adjacent to an activating group) is 1. The highest BCUT2D eigenvalue weighted by atomic mass is 32.2. The number of benzene rings is 2. The molecule has 2 aromatic rings. The second-order valence-corrected chi connectivity index (χ2v) is 11.1. The van der Waals surface area contributed by atoms with Crippen LogP contribution in [0.15, 0.2) is 59.0 Å². The monoisotopic (exact) mass is 529 g/mol. The number of ether oxygens (including phenoxy) is 2. The van der Waals surface area contributed by atoms with Crippen molar-refractivity contribution < 1.29 is 32.6 Å². The SMILES string of the molecule is COc1ccc([C@@H]2C(=C(O)c3cccc(S(=O)(=O)N4CCOCC4)c3)C(=O)C(=O)N2CCN(C)C)cc1. The number of Topliss-reactive ketones (excluding diaryl/α,β-unsaturated/α-hetero) is 1. The minimum absolute atomic E-state index is 0.0127. The maximum Gasteiger partial charge on any atom is 0.295 e. The van der Waals surface area contributed by atoms with Crippen molar-refractivity contribution in [1.29, 1.82) is 0 Å². The molecule has 10 nitrogen and oxygen atoms in total. The number of morpholine rings is 1. The highest BCUT2D eigenvalue weighted by Crippen LogP contribution is 2.40. The van der Waals surface area contributed by atoms with Gasteiger partial charge in [-0.05, 0) is 43.9 Å². The molecular formula is C26H31N3O7S. The molecule has 2 aliphatic heterocycles. The largest absolute Gasteiger partial charge is 0.507 e. The third-order valence-corrected chi connectivity index (χ3v) is 8.37. The molecule has 0 saturated carbocycles. The number of hydrogen-bond acceptors (Lipinski definition) is 8. The lowest BCUT2D eigenvalue weighted by Gasteiger charge is -2.27. The van der Waals surface area contributed by atoms with E-state index in [1.54, 1.807) is 24.3 Å². The van der Waals surface area contributed by atoms with Crippen molar-refractivity contribution in [1.82, 2.24) is 14.1 Å². The summed E-state index contributed by atoms with van der Waals surface area (Å²) in [6, 6.07) is 11.9. The Morgan fingerprint density at radius 2 is 1.78 bits per heavy atom. The molecule has 37 heavy (non-hydrogen) atoms. The molecule has 2 aromatic carbocycles. The van der Waals surface area contributed by atoms with Gasteiger partial charge in [0.1, 0.15) is 11.5 Å². The third kappa shape index (κ3) is 5.40. The average molecular weight is 530 g/mol. The van der Waals surface area contributed by atoms with Crippen molar-refractivity contribution in [3.63, 3.8) is 0 Å². The smallest absolute Gasteiger partial charge is 0.295 e. The van der Waals surface area contributed by atoms with Crippen molar-refractivity contribution >= 4 is 27.5 Å². The van der Waals surface area contributed by atoms with Crippen LogP contribution in [0.5, 0.6) is 5.75 Å². The van der Waals surface area contributed by atoms with Crippen molar-refractivity contribution in [3.8, 4) is 5.75 Å². The molecule has 198 valence electrons. The van der Waals surface area contributed by atoms with Crippen molar-refractivity contribution in [2.24, 2.45) is 0 Å². The quantitative estimate of drug-likeness (QED) is 0.312. The minimum atomic E-state index is -3.83. The highest BCUT2D eigenvalue weighted by Gasteiger charge is 2.46. The molecule has 2 fully saturated rings. The first-order valence-electron chi connectivity index (χ1n) is 11.9. The molecule has 2 aliphatic rings. The summed E-state index contributed by atoms with van der Waals surface area (Å²) < 4.78 is 38.2. The van der Waals surface area contributed by atoms with Crippen molar-refractivity contribution in [2.75, 3.05) is 60.6 Å². The second kappa shape index (κ2) is 11.0. The Bertz CT molecular complexity index is 1300. The maximum absolute atomic E-state index is 13.2. The first kappa shape index (κ1) is 26.8. The molecule has 1 amide bonds. The number of rotatable bonds is 8. The Hall–Kier alpha value is -3.25. The zero-order chi connectivity index (χ0) is 26.7. The van der Waals surface area contributed by atoms with E-state index in [1.807, 2.05) is 19.0 Å². The van der Waals surface area contributed by atoms with E-state index in [2.05, 4.69) is 0 Å². The number of aliphatic hydroxyl groups excluding tert-OH is 1. The van der Waals surface area contributed by atoms with Gasteiger partial charge in [0.05, 0.1) is 36.8 Å². The van der Waals surface area contributed by atoms with E-state index in [1.165, 1.54) is 40.6 Å². The number of nitrogens with zero attached hydrogens (tertiary/aromatic N) is 3. The highest BCUT2D eigenvalue weighted by molar-refractivity contribution is 7.89. The summed E-state index contributed by atoms with van der Waals surface area (Å²) in [5, 5.41) is 11.4. The van der Waals surface area contributed by atoms with Crippen LogP contribution in [-0.4, -0.2) is 99.9 Å². The van der Waals surface area contributed by atoms with Gasteiger partial charge in [-0.25, -0.2) is 8.42 Å². The van der Waals surface area contributed by atoms with Gasteiger partial charge < -0.3 is 24.4 Å². The predicted molar refractivity (Wildman–Crippen MR) is 137 cm³/mol. The number of ketones is 1. The second-order valence-electron chi connectivity index (χ2n) is 9.11. The predicted octanol–water partition coefficient (Wildman–Crippen LogP) is 1.70. The number of carbonyl (C=O) groups excluding carboxylic acids is 2. The Morgan fingerprint density at radius 1 is 1.11 bits per heavy atom. The van der Waals surface area contributed by atoms with Crippen molar-refractivity contribution in [2.45, 2.75) is 10.9 Å². The summed E-state index contributed by atoms with van der Waals surface area (Å²) in [7, 11) is 1.43. The molecule has 0 bridgehead atoms. The summed E-state index contributed by atoms with van der Waals surface area (Å²) in [5.41, 5.74) is 0.672. The van der Waals surface area contributed by atoms with E-state index in [9.17, 15) is 23.1 Å². The van der Waals surface area contributed by atoms with E-state index >= 15 is 0 Å². The van der Waals surface area contributed by atoms with Gasteiger partial charge in [0, 0.05) is 31.7 Å². The van der Waals surface area contributed by atoms with E-state index in [4.69, 9.17) is 9.47 Å². The van der Waals surface area contributed by atoms with Crippen LogP contribution in [0.1, 0.15) is 17.2 Å². The fourth-order valence-electron chi connectivity index (χ4n) is 4.45. The van der Waals surface area contributed by atoms with Crippen molar-refractivity contribution in [3.05, 3.63) is 65.2 Å². The van der Waals surface area contributed by atoms with Gasteiger partial charge in [0.15, 0.2) is 0 Å². The van der Waals surface area contributed by atoms with Crippen LogP contribution < -0.4 is 4.74 Å². The minimum Gasteiger partial charge on any atom is -0.507 e. The fourth-order valence-corrected chi connectivity index (χ4v) is 5.90. The van der Waals surface area contributed by atoms with Crippen LogP contribution in [0.25, 0.3) is 5.76 Å². The summed E-state index contributed by atoms with van der Waals surface area (Å²) >= 11 is 0. The Morgan fingerprint density at radius 3 is 2.41 bits per heavy atom. The van der Waals surface area contributed by atoms with E-state index in [0.29, 0.717) is 31.1 Å². The molecule has 11 heteroatoms. The number of sulfonamides is 1. The normalized spacial score (nSPS) is 20.5. The van der Waals surface area contributed by atoms with Gasteiger partial charge in [0.2, 0.25) is 10.0 Å². The van der Waals surface area contributed by atoms with E-state index in [0.717, 1.165) is 0 Å². The van der Waals surface area contributed by atoms with Gasteiger partial charge in [-0.1, -0.05) is 24.3 Å². The van der Waals surface area contributed by atoms with Crippen LogP contribution in [0.4, 0.5) is 0 Å². The number of amides is 1. The van der Waals surface area contributed by atoms with Gasteiger partial charge in [-0.15, -0.1) is 0 Å². The first-order chi connectivity index (χ1) is 17.6. The number of hydrogen-bond donors (Lipinski definition) is 1. The average Bonchev–Trinajstić information content (AvgIpc) is 3.17. The molecular weight excluding hydrogens is 498 g/mol. The zero-order valence-electron chi connectivity index (χ0n) is 21.1. The number of methoxy groups -OCH3 is 1. The standard InChI is InChI=1S/C26H31N3O7S/c1-27(2)11-12-29-23(18-7-9-20(35-3)10-8-18)22(25(31)26(29)32)24(30)19-5-4-6-21(17-19)37(33,34)28-13-15-36-16-14-28/h4-10,17,23,30H,11-16H2,1-3H3/t23-/m1/s1. The van der Waals surface area contributed by atoms with Gasteiger partial charge in [-0.3, -0.25) is 9.59 Å². The lowest BCUT2D eigenvalue weighted by Crippen LogP contribution is -2.40. The van der Waals surface area contributed by atoms with Crippen LogP contribution in [0.2, 0.25) is 0 Å². The molecule has 4 rings (SSSR count). The number of carbonyl (C=O) groups is 2. The van der Waals surface area contributed by atoms with Crippen LogP contribution in [0.3, 0.4) is 0 Å². The van der Waals surface area contributed by atoms with Crippen LogP contribution in [0, 0.1) is 0 Å². The molecule has 2 heterocycles. The summed E-state index contributed by atoms with van der Waals surface area (Å²) in [4.78, 5) is 29.6. The van der Waals surface area contributed by atoms with Gasteiger partial charge in [-0.2, -0.15) is 4.31 Å². The number of aliphatic hydroxyl groups is 1. The van der Waals surface area contributed by atoms with E-state index < -0.39 is 33.5 Å².